The van der Waals surface area contributed by atoms with Crippen molar-refractivity contribution in [2.24, 2.45) is 0 Å². The molecular formula is C29H36N2O3. The predicted octanol–water partition coefficient (Wildman–Crippen LogP) is 5.23. The van der Waals surface area contributed by atoms with Crippen LogP contribution in [0, 0.1) is 0 Å². The van der Waals surface area contributed by atoms with E-state index in [1.165, 1.54) is 16.7 Å². The molecule has 34 heavy (non-hydrogen) atoms. The number of nitrogens with zero attached hydrogens (tertiary/aromatic N) is 1. The van der Waals surface area contributed by atoms with Gasteiger partial charge in [0, 0.05) is 13.1 Å². The first-order valence-corrected chi connectivity index (χ1v) is 12.3. The van der Waals surface area contributed by atoms with E-state index in [0.29, 0.717) is 13.2 Å². The Morgan fingerprint density at radius 2 is 1.68 bits per heavy atom. The second-order valence-electron chi connectivity index (χ2n) is 8.56. The minimum absolute atomic E-state index is 0.114. The molecule has 0 aromatic heterocycles. The standard InChI is InChI=1S/C29H36N2O3/c1-4-31(5-2)17-18-33-28-20-26-24(19-27(28)32-3)15-16-30-29(26)23-11-13-25(14-12-23)34-21-22-9-7-6-8-10-22/h6-14,19-20,29-30H,4-5,15-18,21H2,1-3H3. The number of hydrogen-bond acceptors (Lipinski definition) is 5. The Morgan fingerprint density at radius 3 is 2.38 bits per heavy atom. The van der Waals surface area contributed by atoms with E-state index in [2.05, 4.69) is 72.6 Å². The first-order valence-electron chi connectivity index (χ1n) is 12.3. The van der Waals surface area contributed by atoms with E-state index in [0.717, 1.165) is 55.4 Å². The molecule has 0 amide bonds. The Hall–Kier alpha value is -3.02. The van der Waals surface area contributed by atoms with Gasteiger partial charge >= 0.3 is 0 Å². The van der Waals surface area contributed by atoms with Crippen molar-refractivity contribution in [2.75, 3.05) is 39.9 Å². The van der Waals surface area contributed by atoms with Crippen LogP contribution in [-0.2, 0) is 13.0 Å². The average molecular weight is 461 g/mol. The van der Waals surface area contributed by atoms with Gasteiger partial charge in [0.1, 0.15) is 19.0 Å². The van der Waals surface area contributed by atoms with Crippen LogP contribution in [0.25, 0.3) is 0 Å². The zero-order valence-corrected chi connectivity index (χ0v) is 20.5. The van der Waals surface area contributed by atoms with Gasteiger partial charge in [0.25, 0.3) is 0 Å². The minimum atomic E-state index is 0.114. The van der Waals surface area contributed by atoms with Crippen molar-refractivity contribution in [1.29, 1.82) is 0 Å². The largest absolute Gasteiger partial charge is 0.493 e. The summed E-state index contributed by atoms with van der Waals surface area (Å²) >= 11 is 0. The summed E-state index contributed by atoms with van der Waals surface area (Å²) in [5.41, 5.74) is 4.94. The summed E-state index contributed by atoms with van der Waals surface area (Å²) in [5.74, 6) is 2.49. The number of ether oxygens (including phenoxy) is 3. The summed E-state index contributed by atoms with van der Waals surface area (Å²) in [6.45, 7) is 9.45. The smallest absolute Gasteiger partial charge is 0.161 e. The van der Waals surface area contributed by atoms with E-state index in [4.69, 9.17) is 14.2 Å². The molecule has 5 nitrogen and oxygen atoms in total. The molecule has 4 rings (SSSR count). The van der Waals surface area contributed by atoms with E-state index in [-0.39, 0.29) is 6.04 Å². The maximum absolute atomic E-state index is 6.19. The van der Waals surface area contributed by atoms with Crippen LogP contribution in [0.4, 0.5) is 0 Å². The van der Waals surface area contributed by atoms with Crippen molar-refractivity contribution in [1.82, 2.24) is 10.2 Å². The number of benzene rings is 3. The Balaban J connectivity index is 1.48. The third-order valence-corrected chi connectivity index (χ3v) is 6.50. The van der Waals surface area contributed by atoms with Crippen LogP contribution in [0.3, 0.4) is 0 Å². The van der Waals surface area contributed by atoms with Gasteiger partial charge in [-0.2, -0.15) is 0 Å². The lowest BCUT2D eigenvalue weighted by Crippen LogP contribution is -2.31. The van der Waals surface area contributed by atoms with Crippen molar-refractivity contribution < 1.29 is 14.2 Å². The Morgan fingerprint density at radius 1 is 0.912 bits per heavy atom. The fraction of sp³-hybridized carbons (Fsp3) is 0.379. The summed E-state index contributed by atoms with van der Waals surface area (Å²) in [4.78, 5) is 2.36. The van der Waals surface area contributed by atoms with E-state index >= 15 is 0 Å². The lowest BCUT2D eigenvalue weighted by Gasteiger charge is -2.29. The normalized spacial score (nSPS) is 15.1. The zero-order valence-electron chi connectivity index (χ0n) is 20.5. The maximum atomic E-state index is 6.19. The highest BCUT2D eigenvalue weighted by Gasteiger charge is 2.24. The molecule has 0 radical (unpaired) electrons. The van der Waals surface area contributed by atoms with Crippen molar-refractivity contribution in [3.05, 3.63) is 89.0 Å². The monoisotopic (exact) mass is 460 g/mol. The van der Waals surface area contributed by atoms with Crippen LogP contribution >= 0.6 is 0 Å². The van der Waals surface area contributed by atoms with E-state index in [1.54, 1.807) is 7.11 Å². The highest BCUT2D eigenvalue weighted by Crippen LogP contribution is 2.38. The van der Waals surface area contributed by atoms with E-state index in [9.17, 15) is 0 Å². The molecule has 3 aromatic rings. The molecule has 0 bridgehead atoms. The van der Waals surface area contributed by atoms with Crippen molar-refractivity contribution in [3.8, 4) is 17.2 Å². The van der Waals surface area contributed by atoms with Crippen molar-refractivity contribution in [3.63, 3.8) is 0 Å². The lowest BCUT2D eigenvalue weighted by molar-refractivity contribution is 0.217. The number of hydrogen-bond donors (Lipinski definition) is 1. The topological polar surface area (TPSA) is 43.0 Å². The van der Waals surface area contributed by atoms with E-state index in [1.807, 2.05) is 18.2 Å². The molecule has 1 unspecified atom stereocenters. The van der Waals surface area contributed by atoms with Gasteiger partial charge in [-0.05, 0) is 66.0 Å². The Kier molecular flexibility index (Phi) is 8.45. The van der Waals surface area contributed by atoms with Crippen molar-refractivity contribution in [2.45, 2.75) is 32.9 Å². The number of rotatable bonds is 11. The van der Waals surface area contributed by atoms with Crippen LogP contribution in [0.5, 0.6) is 17.2 Å². The summed E-state index contributed by atoms with van der Waals surface area (Å²) in [7, 11) is 1.71. The Labute approximate surface area is 203 Å². The highest BCUT2D eigenvalue weighted by molar-refractivity contribution is 5.52. The third-order valence-electron chi connectivity index (χ3n) is 6.50. The second-order valence-corrected chi connectivity index (χ2v) is 8.56. The summed E-state index contributed by atoms with van der Waals surface area (Å²) in [6, 6.07) is 23.1. The van der Waals surface area contributed by atoms with Gasteiger partial charge in [-0.1, -0.05) is 56.3 Å². The van der Waals surface area contributed by atoms with Crippen LogP contribution in [-0.4, -0.2) is 44.8 Å². The maximum Gasteiger partial charge on any atom is 0.161 e. The molecule has 0 saturated carbocycles. The van der Waals surface area contributed by atoms with E-state index < -0.39 is 0 Å². The lowest BCUT2D eigenvalue weighted by atomic mass is 9.89. The van der Waals surface area contributed by atoms with Crippen LogP contribution in [0.2, 0.25) is 0 Å². The van der Waals surface area contributed by atoms with Gasteiger partial charge in [0.05, 0.1) is 13.2 Å². The molecule has 1 N–H and O–H groups in total. The van der Waals surface area contributed by atoms with Crippen LogP contribution in [0.15, 0.2) is 66.7 Å². The van der Waals surface area contributed by atoms with Crippen LogP contribution in [0.1, 0.15) is 42.1 Å². The second kappa shape index (κ2) is 11.9. The highest BCUT2D eigenvalue weighted by atomic mass is 16.5. The molecule has 180 valence electrons. The summed E-state index contributed by atoms with van der Waals surface area (Å²) < 4.78 is 17.8. The molecule has 1 atom stereocenters. The van der Waals surface area contributed by atoms with Gasteiger partial charge in [0.2, 0.25) is 0 Å². The molecular weight excluding hydrogens is 424 g/mol. The molecule has 0 fully saturated rings. The van der Waals surface area contributed by atoms with Crippen LogP contribution < -0.4 is 19.5 Å². The third kappa shape index (κ3) is 5.91. The zero-order chi connectivity index (χ0) is 23.8. The summed E-state index contributed by atoms with van der Waals surface area (Å²) in [5, 5.41) is 3.68. The molecule has 0 spiro atoms. The van der Waals surface area contributed by atoms with Gasteiger partial charge in [0.15, 0.2) is 11.5 Å². The molecule has 0 aliphatic carbocycles. The van der Waals surface area contributed by atoms with Gasteiger partial charge < -0.3 is 24.4 Å². The van der Waals surface area contributed by atoms with Crippen molar-refractivity contribution >= 4 is 0 Å². The SMILES string of the molecule is CCN(CC)CCOc1cc2c(cc1OC)CCNC2c1ccc(OCc2ccccc2)cc1. The van der Waals surface area contributed by atoms with Gasteiger partial charge in [-0.15, -0.1) is 0 Å². The number of fused-ring (bicyclic) bond motifs is 1. The Bertz CT molecular complexity index is 1030. The first-order chi connectivity index (χ1) is 16.7. The molecule has 5 heteroatoms. The fourth-order valence-electron chi connectivity index (χ4n) is 4.46. The number of nitrogens with one attached hydrogen (secondary N) is 1. The minimum Gasteiger partial charge on any atom is -0.493 e. The predicted molar refractivity (Wildman–Crippen MR) is 137 cm³/mol. The fourth-order valence-corrected chi connectivity index (χ4v) is 4.46. The first kappa shape index (κ1) is 24.1. The number of methoxy groups -OCH3 is 1. The molecule has 1 aliphatic rings. The van der Waals surface area contributed by atoms with Gasteiger partial charge in [-0.25, -0.2) is 0 Å². The number of likely N-dealkylation sites (N-methyl/N-ethyl adjacent to an activating group) is 1. The molecule has 3 aromatic carbocycles. The molecule has 1 heterocycles. The quantitative estimate of drug-likeness (QED) is 0.424. The average Bonchev–Trinajstić information content (AvgIpc) is 2.90. The van der Waals surface area contributed by atoms with Gasteiger partial charge in [-0.3, -0.25) is 0 Å². The molecule has 0 saturated heterocycles. The molecule has 1 aliphatic heterocycles. The summed E-state index contributed by atoms with van der Waals surface area (Å²) in [6.07, 6.45) is 0.972.